The van der Waals surface area contributed by atoms with Crippen molar-refractivity contribution in [3.8, 4) is 11.5 Å². The molecule has 0 aliphatic carbocycles. The van der Waals surface area contributed by atoms with Crippen molar-refractivity contribution in [3.05, 3.63) is 24.3 Å². The molecule has 2 rings (SSSR count). The molecule has 1 aliphatic heterocycles. The van der Waals surface area contributed by atoms with Gasteiger partial charge in [0.15, 0.2) is 11.5 Å². The Labute approximate surface area is 116 Å². The van der Waals surface area contributed by atoms with Crippen LogP contribution >= 0.6 is 0 Å². The van der Waals surface area contributed by atoms with Crippen molar-refractivity contribution < 1.29 is 14.4 Å². The number of likely N-dealkylation sites (tertiary alicyclic amines) is 1. The van der Waals surface area contributed by atoms with Crippen LogP contribution in [0.1, 0.15) is 32.1 Å². The van der Waals surface area contributed by atoms with Gasteiger partial charge in [0, 0.05) is 0 Å². The second kappa shape index (κ2) is 8.05. The molecule has 1 aromatic rings. The molecule has 3 heteroatoms. The van der Waals surface area contributed by atoms with Crippen molar-refractivity contribution in [1.82, 2.24) is 0 Å². The largest absolute Gasteiger partial charge is 0.493 e. The van der Waals surface area contributed by atoms with Crippen LogP contribution in [0.25, 0.3) is 0 Å². The molecule has 0 spiro atoms. The van der Waals surface area contributed by atoms with Gasteiger partial charge in [-0.25, -0.2) is 0 Å². The van der Waals surface area contributed by atoms with Gasteiger partial charge in [-0.1, -0.05) is 12.1 Å². The van der Waals surface area contributed by atoms with E-state index < -0.39 is 0 Å². The van der Waals surface area contributed by atoms with Gasteiger partial charge in [-0.15, -0.1) is 0 Å². The predicted octanol–water partition coefficient (Wildman–Crippen LogP) is 1.92. The predicted molar refractivity (Wildman–Crippen MR) is 77.1 cm³/mol. The molecule has 19 heavy (non-hydrogen) atoms. The van der Waals surface area contributed by atoms with Crippen LogP contribution in [0.3, 0.4) is 0 Å². The second-order valence-electron chi connectivity index (χ2n) is 5.27. The Balaban J connectivity index is 1.61. The van der Waals surface area contributed by atoms with E-state index in [0.29, 0.717) is 0 Å². The number of unbranched alkanes of at least 4 members (excludes halogenated alkanes) is 1. The van der Waals surface area contributed by atoms with E-state index in [2.05, 4.69) is 0 Å². The molecule has 106 valence electrons. The van der Waals surface area contributed by atoms with Gasteiger partial charge >= 0.3 is 0 Å². The van der Waals surface area contributed by atoms with Crippen LogP contribution < -0.4 is 14.4 Å². The molecule has 1 heterocycles. The number of piperidine rings is 1. The van der Waals surface area contributed by atoms with E-state index in [9.17, 15) is 0 Å². The fraction of sp³-hybridized carbons (Fsp3) is 0.625. The Morgan fingerprint density at radius 3 is 2.47 bits per heavy atom. The summed E-state index contributed by atoms with van der Waals surface area (Å²) in [6.07, 6.45) is 6.63. The van der Waals surface area contributed by atoms with Crippen LogP contribution in [0.15, 0.2) is 24.3 Å². The van der Waals surface area contributed by atoms with Crippen molar-refractivity contribution in [3.63, 3.8) is 0 Å². The second-order valence-corrected chi connectivity index (χ2v) is 5.27. The summed E-state index contributed by atoms with van der Waals surface area (Å²) in [6, 6.07) is 7.85. The average Bonchev–Trinajstić information content (AvgIpc) is 2.48. The van der Waals surface area contributed by atoms with Crippen molar-refractivity contribution in [1.29, 1.82) is 0 Å². The van der Waals surface area contributed by atoms with Crippen LogP contribution in [0.5, 0.6) is 11.5 Å². The molecule has 0 aromatic heterocycles. The molecule has 1 aromatic carbocycles. The van der Waals surface area contributed by atoms with Crippen molar-refractivity contribution in [2.75, 3.05) is 33.4 Å². The van der Waals surface area contributed by atoms with Crippen LogP contribution in [0, 0.1) is 0 Å². The highest BCUT2D eigenvalue weighted by molar-refractivity contribution is 5.39. The SMILES string of the molecule is COc1ccccc1OCCCC[NH+]1CCCCC1. The smallest absolute Gasteiger partial charge is 0.161 e. The fourth-order valence-electron chi connectivity index (χ4n) is 2.70. The Morgan fingerprint density at radius 1 is 1.00 bits per heavy atom. The third kappa shape index (κ3) is 4.75. The lowest BCUT2D eigenvalue weighted by molar-refractivity contribution is -0.905. The van der Waals surface area contributed by atoms with Gasteiger partial charge in [-0.2, -0.15) is 0 Å². The average molecular weight is 264 g/mol. The van der Waals surface area contributed by atoms with E-state index >= 15 is 0 Å². The lowest BCUT2D eigenvalue weighted by Crippen LogP contribution is -3.12. The molecule has 0 atom stereocenters. The first-order chi connectivity index (χ1) is 9.40. The first kappa shape index (κ1) is 14.2. The van der Waals surface area contributed by atoms with E-state index in [-0.39, 0.29) is 0 Å². The Bertz CT molecular complexity index is 362. The summed E-state index contributed by atoms with van der Waals surface area (Å²) < 4.78 is 11.1. The van der Waals surface area contributed by atoms with Crippen LogP contribution in [0.4, 0.5) is 0 Å². The summed E-state index contributed by atoms with van der Waals surface area (Å²) in [5, 5.41) is 0. The third-order valence-corrected chi connectivity index (χ3v) is 3.81. The highest BCUT2D eigenvalue weighted by Gasteiger charge is 2.12. The molecule has 3 nitrogen and oxygen atoms in total. The standard InChI is InChI=1S/C16H25NO2/c1-18-15-9-3-4-10-16(15)19-14-8-7-13-17-11-5-2-6-12-17/h3-4,9-10H,2,5-8,11-14H2,1H3/p+1. The Kier molecular flexibility index (Phi) is 6.02. The summed E-state index contributed by atoms with van der Waals surface area (Å²) in [6.45, 7) is 4.82. The molecule has 1 aliphatic rings. The van der Waals surface area contributed by atoms with Gasteiger partial charge in [-0.05, 0) is 44.2 Å². The van der Waals surface area contributed by atoms with E-state index in [1.165, 1.54) is 45.3 Å². The molecule has 1 saturated heterocycles. The van der Waals surface area contributed by atoms with Gasteiger partial charge in [0.2, 0.25) is 0 Å². The number of rotatable bonds is 7. The number of hydrogen-bond acceptors (Lipinski definition) is 2. The summed E-state index contributed by atoms with van der Waals surface area (Å²) >= 11 is 0. The first-order valence-corrected chi connectivity index (χ1v) is 7.49. The maximum Gasteiger partial charge on any atom is 0.161 e. The van der Waals surface area contributed by atoms with Crippen molar-refractivity contribution >= 4 is 0 Å². The monoisotopic (exact) mass is 264 g/mol. The molecule has 0 amide bonds. The van der Waals surface area contributed by atoms with E-state index in [4.69, 9.17) is 9.47 Å². The summed E-state index contributed by atoms with van der Waals surface area (Å²) in [5.74, 6) is 1.68. The molecule has 0 bridgehead atoms. The maximum atomic E-state index is 5.78. The van der Waals surface area contributed by atoms with Gasteiger partial charge in [0.05, 0.1) is 33.4 Å². The number of nitrogens with one attached hydrogen (secondary N) is 1. The normalized spacial score (nSPS) is 16.3. The van der Waals surface area contributed by atoms with E-state index in [1.807, 2.05) is 24.3 Å². The number of methoxy groups -OCH3 is 1. The zero-order valence-electron chi connectivity index (χ0n) is 12.0. The van der Waals surface area contributed by atoms with Gasteiger partial charge < -0.3 is 14.4 Å². The first-order valence-electron chi connectivity index (χ1n) is 7.49. The highest BCUT2D eigenvalue weighted by atomic mass is 16.5. The van der Waals surface area contributed by atoms with E-state index in [0.717, 1.165) is 24.5 Å². The topological polar surface area (TPSA) is 22.9 Å². The van der Waals surface area contributed by atoms with Crippen LogP contribution in [0.2, 0.25) is 0 Å². The number of quaternary nitrogens is 1. The minimum Gasteiger partial charge on any atom is -0.493 e. The summed E-state index contributed by atoms with van der Waals surface area (Å²) in [4.78, 5) is 1.78. The number of hydrogen-bond donors (Lipinski definition) is 1. The Morgan fingerprint density at radius 2 is 1.74 bits per heavy atom. The minimum absolute atomic E-state index is 0.785. The van der Waals surface area contributed by atoms with Crippen molar-refractivity contribution in [2.45, 2.75) is 32.1 Å². The van der Waals surface area contributed by atoms with Crippen LogP contribution in [-0.2, 0) is 0 Å². The molecule has 0 radical (unpaired) electrons. The van der Waals surface area contributed by atoms with Crippen LogP contribution in [-0.4, -0.2) is 33.4 Å². The Hall–Kier alpha value is -1.22. The lowest BCUT2D eigenvalue weighted by atomic mass is 10.1. The summed E-state index contributed by atoms with van der Waals surface area (Å²) in [5.41, 5.74) is 0. The lowest BCUT2D eigenvalue weighted by Gasteiger charge is -2.23. The molecule has 1 fully saturated rings. The number of ether oxygens (including phenoxy) is 2. The molecular formula is C16H26NO2+. The molecular weight excluding hydrogens is 238 g/mol. The molecule has 0 unspecified atom stereocenters. The fourth-order valence-corrected chi connectivity index (χ4v) is 2.70. The third-order valence-electron chi connectivity index (χ3n) is 3.81. The summed E-state index contributed by atoms with van der Waals surface area (Å²) in [7, 11) is 1.68. The minimum atomic E-state index is 0.785. The van der Waals surface area contributed by atoms with Crippen molar-refractivity contribution in [2.24, 2.45) is 0 Å². The zero-order valence-corrected chi connectivity index (χ0v) is 12.0. The van der Waals surface area contributed by atoms with Gasteiger partial charge in [0.25, 0.3) is 0 Å². The highest BCUT2D eigenvalue weighted by Crippen LogP contribution is 2.25. The zero-order chi connectivity index (χ0) is 13.3. The maximum absolute atomic E-state index is 5.78. The molecule has 0 saturated carbocycles. The number of para-hydroxylation sites is 2. The van der Waals surface area contributed by atoms with Gasteiger partial charge in [-0.3, -0.25) is 0 Å². The van der Waals surface area contributed by atoms with Gasteiger partial charge in [0.1, 0.15) is 0 Å². The molecule has 1 N–H and O–H groups in total. The number of benzene rings is 1. The van der Waals surface area contributed by atoms with E-state index in [1.54, 1.807) is 12.0 Å². The quantitative estimate of drug-likeness (QED) is 0.760.